The number of carbonyl (C=O) groups is 2. The third-order valence-corrected chi connectivity index (χ3v) is 7.48. The highest BCUT2D eigenvalue weighted by atomic mass is 32.2. The van der Waals surface area contributed by atoms with Crippen LogP contribution in [-0.4, -0.2) is 20.0 Å². The standard InChI is InChI=1S/C24H21NO4S2/c1-16-9-11-18(12-10-16)31(28,29)25-21(23-8-5-13-30-23)15-22(26)19-14-20(19)24(27)17-6-3-2-4-7-17/h2-13,15,19-20,25H,14H2,1H3/b21-15-/t19-,20-/m1/s1. The zero-order valence-corrected chi connectivity index (χ0v) is 18.4. The van der Waals surface area contributed by atoms with Crippen LogP contribution in [0.2, 0.25) is 0 Å². The molecule has 0 spiro atoms. The maximum Gasteiger partial charge on any atom is 0.261 e. The van der Waals surface area contributed by atoms with Crippen molar-refractivity contribution >= 4 is 38.6 Å². The number of thiophene rings is 1. The van der Waals surface area contributed by atoms with E-state index in [1.54, 1.807) is 48.5 Å². The number of allylic oxidation sites excluding steroid dienone is 1. The van der Waals surface area contributed by atoms with E-state index in [1.807, 2.05) is 18.4 Å². The van der Waals surface area contributed by atoms with Gasteiger partial charge in [-0.25, -0.2) is 8.42 Å². The van der Waals surface area contributed by atoms with Gasteiger partial charge in [-0.3, -0.25) is 14.3 Å². The number of hydrogen-bond acceptors (Lipinski definition) is 5. The predicted molar refractivity (Wildman–Crippen MR) is 121 cm³/mol. The van der Waals surface area contributed by atoms with Crippen molar-refractivity contribution in [3.8, 4) is 0 Å². The summed E-state index contributed by atoms with van der Waals surface area (Å²) >= 11 is 1.33. The number of aryl methyl sites for hydroxylation is 1. The predicted octanol–water partition coefficient (Wildman–Crippen LogP) is 4.46. The molecule has 2 aromatic carbocycles. The first kappa shape index (κ1) is 21.2. The number of benzene rings is 2. The summed E-state index contributed by atoms with van der Waals surface area (Å²) in [5, 5.41) is 1.81. The van der Waals surface area contributed by atoms with Crippen LogP contribution < -0.4 is 4.72 Å². The molecule has 7 heteroatoms. The van der Waals surface area contributed by atoms with Gasteiger partial charge in [0.15, 0.2) is 11.6 Å². The van der Waals surface area contributed by atoms with Gasteiger partial charge in [-0.2, -0.15) is 0 Å². The second-order valence-electron chi connectivity index (χ2n) is 7.54. The van der Waals surface area contributed by atoms with Crippen LogP contribution in [0.25, 0.3) is 5.70 Å². The molecular weight excluding hydrogens is 430 g/mol. The van der Waals surface area contributed by atoms with E-state index in [0.717, 1.165) is 5.56 Å². The van der Waals surface area contributed by atoms with Crippen molar-refractivity contribution in [2.75, 3.05) is 0 Å². The maximum atomic E-state index is 12.9. The smallest absolute Gasteiger partial charge is 0.261 e. The molecular formula is C24H21NO4S2. The Morgan fingerprint density at radius 3 is 2.32 bits per heavy atom. The molecule has 31 heavy (non-hydrogen) atoms. The summed E-state index contributed by atoms with van der Waals surface area (Å²) in [5.41, 5.74) is 1.76. The minimum absolute atomic E-state index is 0.0507. The number of Topliss-reactive ketones (excluding diaryl/α,β-unsaturated/α-hetero) is 1. The van der Waals surface area contributed by atoms with Crippen molar-refractivity contribution < 1.29 is 18.0 Å². The SMILES string of the molecule is Cc1ccc(S(=O)(=O)N/C(=C\C(=O)[C@@H]2C[C@H]2C(=O)c2ccccc2)c2cccs2)cc1. The number of hydrogen-bond donors (Lipinski definition) is 1. The fraction of sp³-hybridized carbons (Fsp3) is 0.167. The van der Waals surface area contributed by atoms with Crippen molar-refractivity contribution in [3.05, 3.63) is 94.2 Å². The van der Waals surface area contributed by atoms with Crippen molar-refractivity contribution in [1.29, 1.82) is 0 Å². The van der Waals surface area contributed by atoms with Crippen molar-refractivity contribution in [2.45, 2.75) is 18.2 Å². The third kappa shape index (κ3) is 4.84. The van der Waals surface area contributed by atoms with Crippen LogP contribution in [0.5, 0.6) is 0 Å². The van der Waals surface area contributed by atoms with Crippen LogP contribution in [-0.2, 0) is 14.8 Å². The number of rotatable bonds is 8. The van der Waals surface area contributed by atoms with Gasteiger partial charge in [0.05, 0.1) is 15.5 Å². The van der Waals surface area contributed by atoms with E-state index in [-0.39, 0.29) is 28.1 Å². The van der Waals surface area contributed by atoms with E-state index >= 15 is 0 Å². The van der Waals surface area contributed by atoms with Gasteiger partial charge in [0.2, 0.25) is 0 Å². The van der Waals surface area contributed by atoms with E-state index < -0.39 is 15.9 Å². The van der Waals surface area contributed by atoms with Crippen LogP contribution in [0.3, 0.4) is 0 Å². The summed E-state index contributed by atoms with van der Waals surface area (Å²) in [7, 11) is -3.86. The number of carbonyl (C=O) groups excluding carboxylic acids is 2. The average Bonchev–Trinajstić information content (AvgIpc) is 3.38. The lowest BCUT2D eigenvalue weighted by Gasteiger charge is -2.11. The van der Waals surface area contributed by atoms with Gasteiger partial charge in [0.1, 0.15) is 0 Å². The number of sulfonamides is 1. The molecule has 0 unspecified atom stereocenters. The highest BCUT2D eigenvalue weighted by Gasteiger charge is 2.47. The molecule has 0 amide bonds. The van der Waals surface area contributed by atoms with Crippen molar-refractivity contribution in [1.82, 2.24) is 4.72 Å². The van der Waals surface area contributed by atoms with Crippen LogP contribution in [0.4, 0.5) is 0 Å². The zero-order chi connectivity index (χ0) is 22.0. The second kappa shape index (κ2) is 8.61. The molecule has 0 bridgehead atoms. The fourth-order valence-corrected chi connectivity index (χ4v) is 5.20. The van der Waals surface area contributed by atoms with Gasteiger partial charge in [0.25, 0.3) is 10.0 Å². The molecule has 1 aliphatic rings. The van der Waals surface area contributed by atoms with Gasteiger partial charge in [-0.15, -0.1) is 11.3 Å². The third-order valence-electron chi connectivity index (χ3n) is 5.20. The summed E-state index contributed by atoms with van der Waals surface area (Å²) in [6.07, 6.45) is 1.80. The Morgan fingerprint density at radius 1 is 0.968 bits per heavy atom. The molecule has 0 aliphatic heterocycles. The minimum atomic E-state index is -3.86. The van der Waals surface area contributed by atoms with Gasteiger partial charge < -0.3 is 0 Å². The van der Waals surface area contributed by atoms with Crippen LogP contribution in [0, 0.1) is 18.8 Å². The molecule has 158 valence electrons. The maximum absolute atomic E-state index is 12.9. The lowest BCUT2D eigenvalue weighted by molar-refractivity contribution is -0.115. The molecule has 0 saturated heterocycles. The van der Waals surface area contributed by atoms with E-state index in [2.05, 4.69) is 4.72 Å². The Morgan fingerprint density at radius 2 is 1.68 bits per heavy atom. The Balaban J connectivity index is 1.55. The lowest BCUT2D eigenvalue weighted by Crippen LogP contribution is -2.23. The Hall–Kier alpha value is -3.03. The van der Waals surface area contributed by atoms with Gasteiger partial charge in [-0.05, 0) is 36.9 Å². The summed E-state index contributed by atoms with van der Waals surface area (Å²) in [6.45, 7) is 1.88. The monoisotopic (exact) mass is 451 g/mol. The first-order chi connectivity index (χ1) is 14.8. The van der Waals surface area contributed by atoms with E-state index in [4.69, 9.17) is 0 Å². The molecule has 1 N–H and O–H groups in total. The first-order valence-electron chi connectivity index (χ1n) is 9.83. The molecule has 5 nitrogen and oxygen atoms in total. The second-order valence-corrected chi connectivity index (χ2v) is 10.2. The van der Waals surface area contributed by atoms with E-state index in [1.165, 1.54) is 29.5 Å². The highest BCUT2D eigenvalue weighted by molar-refractivity contribution is 7.89. The van der Waals surface area contributed by atoms with Crippen molar-refractivity contribution in [2.24, 2.45) is 11.8 Å². The quantitative estimate of drug-likeness (QED) is 0.405. The molecule has 3 aromatic rings. The summed E-state index contributed by atoms with van der Waals surface area (Å²) in [6, 6.07) is 18.9. The van der Waals surface area contributed by atoms with Gasteiger partial charge >= 0.3 is 0 Å². The van der Waals surface area contributed by atoms with Crippen molar-refractivity contribution in [3.63, 3.8) is 0 Å². The number of nitrogens with one attached hydrogen (secondary N) is 1. The minimum Gasteiger partial charge on any atom is -0.294 e. The molecule has 1 aromatic heterocycles. The topological polar surface area (TPSA) is 80.3 Å². The Kier molecular flexibility index (Phi) is 5.89. The highest BCUT2D eigenvalue weighted by Crippen LogP contribution is 2.42. The number of ketones is 2. The molecule has 1 fully saturated rings. The summed E-state index contributed by atoms with van der Waals surface area (Å²) in [5.74, 6) is -1.08. The van der Waals surface area contributed by atoms with Gasteiger partial charge in [-0.1, -0.05) is 54.1 Å². The Labute approximate surface area is 185 Å². The van der Waals surface area contributed by atoms with Crippen LogP contribution in [0.15, 0.2) is 83.1 Å². The molecule has 1 saturated carbocycles. The molecule has 1 aliphatic carbocycles. The molecule has 2 atom stereocenters. The molecule has 0 radical (unpaired) electrons. The average molecular weight is 452 g/mol. The summed E-state index contributed by atoms with van der Waals surface area (Å²) in [4.78, 5) is 26.2. The Bertz CT molecular complexity index is 1230. The molecule has 4 rings (SSSR count). The largest absolute Gasteiger partial charge is 0.294 e. The van der Waals surface area contributed by atoms with Crippen LogP contribution >= 0.6 is 11.3 Å². The fourth-order valence-electron chi connectivity index (χ4n) is 3.37. The normalized spacial score (nSPS) is 18.4. The van der Waals surface area contributed by atoms with E-state index in [0.29, 0.717) is 16.9 Å². The van der Waals surface area contributed by atoms with E-state index in [9.17, 15) is 18.0 Å². The van der Waals surface area contributed by atoms with Crippen LogP contribution in [0.1, 0.15) is 27.2 Å². The molecule has 1 heterocycles. The zero-order valence-electron chi connectivity index (χ0n) is 16.8. The van der Waals surface area contributed by atoms with Gasteiger partial charge in [0, 0.05) is 23.5 Å². The lowest BCUT2D eigenvalue weighted by atomic mass is 10.0. The summed E-state index contributed by atoms with van der Waals surface area (Å²) < 4.78 is 28.3. The first-order valence-corrected chi connectivity index (χ1v) is 12.2.